The van der Waals surface area contributed by atoms with E-state index >= 15 is 0 Å². The van der Waals surface area contributed by atoms with E-state index in [4.69, 9.17) is 21.1 Å². The Morgan fingerprint density at radius 3 is 2.79 bits per heavy atom. The Kier molecular flexibility index (Phi) is 4.49. The molecule has 150 valence electrons. The Balaban J connectivity index is 1.51. The summed E-state index contributed by atoms with van der Waals surface area (Å²) in [6.45, 7) is 0.123. The van der Waals surface area contributed by atoms with Crippen molar-refractivity contribution in [3.05, 3.63) is 53.1 Å². The summed E-state index contributed by atoms with van der Waals surface area (Å²) in [6, 6.07) is 11.7. The van der Waals surface area contributed by atoms with Crippen LogP contribution in [0.1, 0.15) is 10.4 Å². The maximum Gasteiger partial charge on any atom is 0.279 e. The molecule has 2 fully saturated rings. The molecule has 3 aliphatic heterocycles. The van der Waals surface area contributed by atoms with E-state index in [2.05, 4.69) is 4.99 Å². The minimum atomic E-state index is -3.13. The second-order valence-electron chi connectivity index (χ2n) is 6.92. The molecule has 0 radical (unpaired) electrons. The number of sulfone groups is 1. The van der Waals surface area contributed by atoms with Crippen LogP contribution < -0.4 is 14.4 Å². The highest BCUT2D eigenvalue weighted by Gasteiger charge is 2.49. The van der Waals surface area contributed by atoms with Crippen LogP contribution in [0.3, 0.4) is 0 Å². The minimum Gasteiger partial charge on any atom is -0.454 e. The number of amidine groups is 1. The number of benzene rings is 2. The first-order valence-corrected chi connectivity index (χ1v) is 11.9. The number of nitrogens with zero attached hydrogens (tertiary/aromatic N) is 2. The molecule has 0 aliphatic carbocycles. The number of thioether (sulfide) groups is 1. The van der Waals surface area contributed by atoms with E-state index in [-0.39, 0.29) is 29.6 Å². The maximum absolute atomic E-state index is 12.8. The van der Waals surface area contributed by atoms with Gasteiger partial charge >= 0.3 is 0 Å². The Hall–Kier alpha value is -2.23. The summed E-state index contributed by atoms with van der Waals surface area (Å²) >= 11 is 7.46. The van der Waals surface area contributed by atoms with Gasteiger partial charge in [0, 0.05) is 21.5 Å². The summed E-state index contributed by atoms with van der Waals surface area (Å²) in [5.41, 5.74) is 1.09. The summed E-state index contributed by atoms with van der Waals surface area (Å²) in [5, 5.41) is 0.820. The SMILES string of the molecule is O=C(N=C1S[C@@H]2CS(=O)(=O)C[C@@H]2N1c1cccc(Cl)c1)c1ccc2c(c1)OCO2. The van der Waals surface area contributed by atoms with Crippen molar-refractivity contribution in [1.82, 2.24) is 0 Å². The fourth-order valence-electron chi connectivity index (χ4n) is 3.67. The molecule has 2 atom stereocenters. The number of hydrogen-bond donors (Lipinski definition) is 0. The van der Waals surface area contributed by atoms with Crippen LogP contribution >= 0.6 is 23.4 Å². The monoisotopic (exact) mass is 450 g/mol. The summed E-state index contributed by atoms with van der Waals surface area (Å²) in [4.78, 5) is 19.0. The van der Waals surface area contributed by atoms with Crippen molar-refractivity contribution in [3.63, 3.8) is 0 Å². The van der Waals surface area contributed by atoms with Crippen molar-refractivity contribution in [2.24, 2.45) is 4.99 Å². The first kappa shape index (κ1) is 18.8. The fourth-order valence-corrected chi connectivity index (χ4v) is 7.77. The highest BCUT2D eigenvalue weighted by Crippen LogP contribution is 2.41. The number of ether oxygens (including phenoxy) is 2. The maximum atomic E-state index is 12.8. The largest absolute Gasteiger partial charge is 0.454 e. The Bertz CT molecular complexity index is 1150. The Labute approximate surface area is 176 Å². The van der Waals surface area contributed by atoms with Gasteiger partial charge in [0.25, 0.3) is 5.91 Å². The van der Waals surface area contributed by atoms with Crippen LogP contribution in [0.15, 0.2) is 47.5 Å². The zero-order valence-corrected chi connectivity index (χ0v) is 17.3. The van der Waals surface area contributed by atoms with Crippen molar-refractivity contribution >= 4 is 50.0 Å². The quantitative estimate of drug-likeness (QED) is 0.695. The lowest BCUT2D eigenvalue weighted by molar-refractivity contribution is 0.100. The number of carbonyl (C=O) groups excluding carboxylic acids is 1. The van der Waals surface area contributed by atoms with Gasteiger partial charge in [-0.2, -0.15) is 4.99 Å². The lowest BCUT2D eigenvalue weighted by atomic mass is 10.2. The lowest BCUT2D eigenvalue weighted by Gasteiger charge is -2.24. The van der Waals surface area contributed by atoms with Gasteiger partial charge in [-0.1, -0.05) is 29.4 Å². The van der Waals surface area contributed by atoms with Crippen LogP contribution in [-0.4, -0.2) is 49.1 Å². The molecule has 2 saturated heterocycles. The van der Waals surface area contributed by atoms with Crippen molar-refractivity contribution in [2.45, 2.75) is 11.3 Å². The highest BCUT2D eigenvalue weighted by molar-refractivity contribution is 8.16. The molecule has 0 spiro atoms. The van der Waals surface area contributed by atoms with Crippen LogP contribution in [0.5, 0.6) is 11.5 Å². The number of hydrogen-bond acceptors (Lipinski definition) is 6. The van der Waals surface area contributed by atoms with Crippen LogP contribution in [0.25, 0.3) is 0 Å². The normalized spacial score (nSPS) is 25.4. The number of aliphatic imine (C=N–C) groups is 1. The zero-order chi connectivity index (χ0) is 20.2. The molecular weight excluding hydrogens is 436 g/mol. The van der Waals surface area contributed by atoms with Crippen LogP contribution in [-0.2, 0) is 9.84 Å². The van der Waals surface area contributed by atoms with Gasteiger partial charge in [0.1, 0.15) is 0 Å². The van der Waals surface area contributed by atoms with E-state index in [1.165, 1.54) is 11.8 Å². The zero-order valence-electron chi connectivity index (χ0n) is 14.9. The van der Waals surface area contributed by atoms with Crippen molar-refractivity contribution < 1.29 is 22.7 Å². The van der Waals surface area contributed by atoms with Crippen molar-refractivity contribution in [3.8, 4) is 11.5 Å². The van der Waals surface area contributed by atoms with Crippen molar-refractivity contribution in [1.29, 1.82) is 0 Å². The van der Waals surface area contributed by atoms with Crippen LogP contribution in [0, 0.1) is 0 Å². The Morgan fingerprint density at radius 1 is 1.14 bits per heavy atom. The van der Waals surface area contributed by atoms with Gasteiger partial charge in [-0.25, -0.2) is 8.42 Å². The molecule has 0 N–H and O–H groups in total. The first-order chi connectivity index (χ1) is 13.9. The molecule has 3 heterocycles. The average molecular weight is 451 g/mol. The molecule has 5 rings (SSSR count). The van der Waals surface area contributed by atoms with Gasteiger partial charge in [-0.05, 0) is 36.4 Å². The predicted molar refractivity (Wildman–Crippen MR) is 112 cm³/mol. The van der Waals surface area contributed by atoms with Gasteiger partial charge in [0.2, 0.25) is 6.79 Å². The van der Waals surface area contributed by atoms with Gasteiger partial charge in [-0.3, -0.25) is 4.79 Å². The third-order valence-electron chi connectivity index (χ3n) is 4.97. The average Bonchev–Trinajstić information content (AvgIpc) is 3.32. The highest BCUT2D eigenvalue weighted by atomic mass is 35.5. The molecule has 29 heavy (non-hydrogen) atoms. The lowest BCUT2D eigenvalue weighted by Crippen LogP contribution is -2.37. The summed E-state index contributed by atoms with van der Waals surface area (Å²) in [5.74, 6) is 0.751. The topological polar surface area (TPSA) is 85.3 Å². The van der Waals surface area contributed by atoms with Crippen LogP contribution in [0.2, 0.25) is 5.02 Å². The van der Waals surface area contributed by atoms with E-state index < -0.39 is 15.7 Å². The number of carbonyl (C=O) groups is 1. The smallest absolute Gasteiger partial charge is 0.279 e. The minimum absolute atomic E-state index is 0.0222. The molecule has 0 saturated carbocycles. The summed E-state index contributed by atoms with van der Waals surface area (Å²) < 4.78 is 34.9. The predicted octanol–water partition coefficient (Wildman–Crippen LogP) is 2.98. The van der Waals surface area contributed by atoms with Gasteiger partial charge in [0.15, 0.2) is 26.5 Å². The number of halogens is 1. The van der Waals surface area contributed by atoms with E-state index in [9.17, 15) is 13.2 Å². The standard InChI is InChI=1S/C19H15ClN2O5S2/c20-12-2-1-3-13(7-12)22-14-8-29(24,25)9-17(14)28-19(22)21-18(23)11-4-5-15-16(6-11)27-10-26-15/h1-7,14,17H,8-10H2/t14-,17+/m0/s1. The number of amides is 1. The van der Waals surface area contributed by atoms with E-state index in [0.717, 1.165) is 0 Å². The molecule has 2 aromatic carbocycles. The second kappa shape index (κ2) is 6.93. The Morgan fingerprint density at radius 2 is 1.97 bits per heavy atom. The summed E-state index contributed by atoms with van der Waals surface area (Å²) in [6.07, 6.45) is 0. The van der Waals surface area contributed by atoms with E-state index in [1.807, 2.05) is 11.0 Å². The third-order valence-corrected chi connectivity index (χ3v) is 8.41. The van der Waals surface area contributed by atoms with Gasteiger partial charge in [-0.15, -0.1) is 0 Å². The molecule has 0 aromatic heterocycles. The van der Waals surface area contributed by atoms with Crippen molar-refractivity contribution in [2.75, 3.05) is 23.2 Å². The molecule has 1 amide bonds. The second-order valence-corrected chi connectivity index (χ2v) is 10.7. The van der Waals surface area contributed by atoms with Gasteiger partial charge in [0.05, 0.1) is 17.5 Å². The fraction of sp³-hybridized carbons (Fsp3) is 0.263. The summed E-state index contributed by atoms with van der Waals surface area (Å²) in [7, 11) is -3.13. The first-order valence-electron chi connectivity index (χ1n) is 8.84. The number of fused-ring (bicyclic) bond motifs is 2. The molecule has 10 heteroatoms. The molecule has 3 aliphatic rings. The molecule has 0 unspecified atom stereocenters. The third kappa shape index (κ3) is 3.47. The van der Waals surface area contributed by atoms with Gasteiger partial charge < -0.3 is 14.4 Å². The number of anilines is 1. The molecule has 2 aromatic rings. The molecular formula is C19H15ClN2O5S2. The van der Waals surface area contributed by atoms with E-state index in [1.54, 1.807) is 36.4 Å². The molecule has 0 bridgehead atoms. The molecule has 7 nitrogen and oxygen atoms in total. The number of rotatable bonds is 2. The van der Waals surface area contributed by atoms with E-state index in [0.29, 0.717) is 32.9 Å². The van der Waals surface area contributed by atoms with Crippen LogP contribution in [0.4, 0.5) is 5.69 Å².